The predicted molar refractivity (Wildman–Crippen MR) is 98.7 cm³/mol. The van der Waals surface area contributed by atoms with Crippen molar-refractivity contribution in [3.05, 3.63) is 0 Å². The van der Waals surface area contributed by atoms with E-state index in [4.69, 9.17) is 4.74 Å². The molecule has 1 aliphatic carbocycles. The quantitative estimate of drug-likeness (QED) is 0.751. The molecule has 3 saturated heterocycles. The number of hydrogen-bond donors (Lipinski definition) is 0. The lowest BCUT2D eigenvalue weighted by Gasteiger charge is -2.42. The lowest BCUT2D eigenvalue weighted by molar-refractivity contribution is -0.129. The van der Waals surface area contributed by atoms with Crippen LogP contribution in [0.4, 0.5) is 4.79 Å². The van der Waals surface area contributed by atoms with Gasteiger partial charge in [0.1, 0.15) is 0 Å². The Kier molecular flexibility index (Phi) is 4.88. The summed E-state index contributed by atoms with van der Waals surface area (Å²) in [7, 11) is 0. The van der Waals surface area contributed by atoms with E-state index >= 15 is 0 Å². The number of ether oxygens (including phenoxy) is 1. The summed E-state index contributed by atoms with van der Waals surface area (Å²) in [5.74, 6) is 2.48. The first kappa shape index (κ1) is 18.1. The highest BCUT2D eigenvalue weighted by atomic mass is 16.6. The van der Waals surface area contributed by atoms with Gasteiger partial charge in [0.25, 0.3) is 0 Å². The number of piperidine rings is 2. The Bertz CT molecular complexity index is 543. The fourth-order valence-corrected chi connectivity index (χ4v) is 5.93. The van der Waals surface area contributed by atoms with Gasteiger partial charge in [-0.05, 0) is 57.3 Å². The number of carbonyl (C=O) groups excluding carboxylic acids is 2. The van der Waals surface area contributed by atoms with Crippen molar-refractivity contribution in [3.63, 3.8) is 0 Å². The molecule has 146 valence electrons. The van der Waals surface area contributed by atoms with E-state index in [1.807, 2.05) is 16.7 Å². The van der Waals surface area contributed by atoms with Crippen molar-refractivity contribution in [3.8, 4) is 0 Å². The first-order valence-corrected chi connectivity index (χ1v) is 10.5. The monoisotopic (exact) mass is 363 g/mol. The number of rotatable bonds is 5. The molecule has 2 amide bonds. The number of hydrogen-bond acceptors (Lipinski definition) is 4. The van der Waals surface area contributed by atoms with Crippen LogP contribution in [0.5, 0.6) is 0 Å². The van der Waals surface area contributed by atoms with Crippen LogP contribution in [0.1, 0.15) is 46.5 Å². The number of nitrogens with zero attached hydrogens (tertiary/aromatic N) is 3. The zero-order chi connectivity index (χ0) is 18.4. The van der Waals surface area contributed by atoms with E-state index < -0.39 is 0 Å². The van der Waals surface area contributed by atoms with Crippen molar-refractivity contribution < 1.29 is 14.3 Å². The lowest BCUT2D eigenvalue weighted by Crippen LogP contribution is -2.52. The molecule has 0 aromatic rings. The molecular weight excluding hydrogens is 330 g/mol. The summed E-state index contributed by atoms with van der Waals surface area (Å²) in [6, 6.07) is 1.37. The highest BCUT2D eigenvalue weighted by molar-refractivity contribution is 5.73. The highest BCUT2D eigenvalue weighted by Gasteiger charge is 2.58. The SMILES string of the molecule is CCOC(=O)N1[C@H]2CC[C@H]1CC(N1C[C@@H]3C(CN(CC)C(C)=O)[C@H]3C1)C2. The molecule has 0 aromatic heterocycles. The molecule has 4 aliphatic rings. The second kappa shape index (κ2) is 7.02. The zero-order valence-corrected chi connectivity index (χ0v) is 16.4. The summed E-state index contributed by atoms with van der Waals surface area (Å²) in [5, 5.41) is 0. The molecule has 4 rings (SSSR count). The third kappa shape index (κ3) is 3.10. The van der Waals surface area contributed by atoms with Crippen molar-refractivity contribution >= 4 is 12.0 Å². The van der Waals surface area contributed by atoms with Crippen molar-refractivity contribution in [2.75, 3.05) is 32.8 Å². The molecule has 0 spiro atoms. The molecule has 6 heteroatoms. The van der Waals surface area contributed by atoms with Crippen LogP contribution in [-0.2, 0) is 9.53 Å². The number of fused-ring (bicyclic) bond motifs is 3. The summed E-state index contributed by atoms with van der Waals surface area (Å²) in [6.45, 7) is 10.2. The van der Waals surface area contributed by atoms with E-state index in [1.165, 1.54) is 13.1 Å². The average molecular weight is 364 g/mol. The molecule has 4 fully saturated rings. The van der Waals surface area contributed by atoms with Gasteiger partial charge in [-0.15, -0.1) is 0 Å². The largest absolute Gasteiger partial charge is 0.450 e. The first-order valence-electron chi connectivity index (χ1n) is 10.5. The second-order valence-electron chi connectivity index (χ2n) is 8.62. The zero-order valence-electron chi connectivity index (χ0n) is 16.4. The van der Waals surface area contributed by atoms with Crippen LogP contribution in [0.3, 0.4) is 0 Å². The fraction of sp³-hybridized carbons (Fsp3) is 0.900. The van der Waals surface area contributed by atoms with E-state index in [9.17, 15) is 9.59 Å². The molecule has 1 saturated carbocycles. The van der Waals surface area contributed by atoms with Gasteiger partial charge in [0.2, 0.25) is 5.91 Å². The maximum atomic E-state index is 12.2. The van der Waals surface area contributed by atoms with Crippen molar-refractivity contribution in [1.82, 2.24) is 14.7 Å². The molecular formula is C20H33N3O3. The Morgan fingerprint density at radius 1 is 1.04 bits per heavy atom. The average Bonchev–Trinajstić information content (AvgIpc) is 2.93. The van der Waals surface area contributed by atoms with Gasteiger partial charge >= 0.3 is 6.09 Å². The van der Waals surface area contributed by atoms with Gasteiger partial charge in [-0.2, -0.15) is 0 Å². The van der Waals surface area contributed by atoms with Crippen LogP contribution in [0, 0.1) is 17.8 Å². The van der Waals surface area contributed by atoms with Crippen LogP contribution >= 0.6 is 0 Å². The minimum absolute atomic E-state index is 0.105. The molecule has 4 atom stereocenters. The summed E-state index contributed by atoms with van der Waals surface area (Å²) >= 11 is 0. The third-order valence-corrected chi connectivity index (χ3v) is 7.36. The summed E-state index contributed by atoms with van der Waals surface area (Å²) < 4.78 is 5.27. The van der Waals surface area contributed by atoms with E-state index in [1.54, 1.807) is 6.92 Å². The van der Waals surface area contributed by atoms with Crippen LogP contribution in [-0.4, -0.2) is 77.6 Å². The van der Waals surface area contributed by atoms with E-state index in [0.717, 1.165) is 50.6 Å². The number of likely N-dealkylation sites (tertiary alicyclic amines) is 1. The lowest BCUT2D eigenvalue weighted by atomic mass is 9.96. The van der Waals surface area contributed by atoms with Gasteiger partial charge in [-0.3, -0.25) is 9.69 Å². The molecule has 26 heavy (non-hydrogen) atoms. The minimum atomic E-state index is -0.105. The smallest absolute Gasteiger partial charge is 0.410 e. The second-order valence-corrected chi connectivity index (χ2v) is 8.62. The topological polar surface area (TPSA) is 53.1 Å². The van der Waals surface area contributed by atoms with Gasteiger partial charge < -0.3 is 14.5 Å². The molecule has 0 unspecified atom stereocenters. The minimum Gasteiger partial charge on any atom is -0.450 e. The van der Waals surface area contributed by atoms with Crippen LogP contribution < -0.4 is 0 Å². The van der Waals surface area contributed by atoms with Crippen LogP contribution in [0.2, 0.25) is 0 Å². The summed E-state index contributed by atoms with van der Waals surface area (Å²) in [5.41, 5.74) is 0. The van der Waals surface area contributed by atoms with Crippen LogP contribution in [0.25, 0.3) is 0 Å². The molecule has 6 nitrogen and oxygen atoms in total. The molecule has 3 aliphatic heterocycles. The molecule has 0 radical (unpaired) electrons. The summed E-state index contributed by atoms with van der Waals surface area (Å²) in [4.78, 5) is 30.6. The third-order valence-electron chi connectivity index (χ3n) is 7.36. The van der Waals surface area contributed by atoms with E-state index in [0.29, 0.717) is 30.7 Å². The van der Waals surface area contributed by atoms with Crippen molar-refractivity contribution in [2.45, 2.75) is 64.6 Å². The molecule has 2 bridgehead atoms. The van der Waals surface area contributed by atoms with E-state index in [-0.39, 0.29) is 12.0 Å². The maximum Gasteiger partial charge on any atom is 0.410 e. The van der Waals surface area contributed by atoms with Gasteiger partial charge in [-0.1, -0.05) is 0 Å². The normalized spacial score (nSPS) is 38.2. The Morgan fingerprint density at radius 2 is 1.65 bits per heavy atom. The van der Waals surface area contributed by atoms with E-state index in [2.05, 4.69) is 11.8 Å². The Labute approximate surface area is 156 Å². The van der Waals surface area contributed by atoms with Gasteiger partial charge in [0, 0.05) is 51.2 Å². The standard InChI is InChI=1S/C20H33N3O3/c1-4-21(13(3)24)10-17-18-11-22(12-19(17)18)16-8-14-6-7-15(9-16)23(14)20(25)26-5-2/h14-19H,4-12H2,1-3H3/t14-,15-,18+,19+/m0/s1. The van der Waals surface area contributed by atoms with Gasteiger partial charge in [0.15, 0.2) is 0 Å². The first-order chi connectivity index (χ1) is 12.5. The van der Waals surface area contributed by atoms with Crippen molar-refractivity contribution in [2.24, 2.45) is 17.8 Å². The molecule has 3 heterocycles. The fourth-order valence-electron chi connectivity index (χ4n) is 5.93. The van der Waals surface area contributed by atoms with Crippen molar-refractivity contribution in [1.29, 1.82) is 0 Å². The van der Waals surface area contributed by atoms with Gasteiger partial charge in [-0.25, -0.2) is 4.79 Å². The Balaban J connectivity index is 1.29. The Hall–Kier alpha value is -1.30. The number of amides is 2. The maximum absolute atomic E-state index is 12.2. The summed E-state index contributed by atoms with van der Waals surface area (Å²) in [6.07, 6.45) is 4.37. The van der Waals surface area contributed by atoms with Crippen LogP contribution in [0.15, 0.2) is 0 Å². The van der Waals surface area contributed by atoms with Gasteiger partial charge in [0.05, 0.1) is 6.61 Å². The Morgan fingerprint density at radius 3 is 2.15 bits per heavy atom. The highest BCUT2D eigenvalue weighted by Crippen LogP contribution is 2.53. The predicted octanol–water partition coefficient (Wildman–Crippen LogP) is 2.18. The molecule has 0 N–H and O–H groups in total. The molecule has 0 aromatic carbocycles. The number of carbonyl (C=O) groups is 2.